The van der Waals surface area contributed by atoms with Crippen LogP contribution < -0.4 is 10.6 Å². The maximum Gasteiger partial charge on any atom is 0.173 e. The molecular weight excluding hydrogens is 282 g/mol. The van der Waals surface area contributed by atoms with E-state index in [0.717, 1.165) is 21.8 Å². The fourth-order valence-electron chi connectivity index (χ4n) is 2.18. The van der Waals surface area contributed by atoms with Crippen LogP contribution in [-0.4, -0.2) is 24.3 Å². The Labute approximate surface area is 129 Å². The second-order valence-corrected chi connectivity index (χ2v) is 5.58. The Balaban J connectivity index is 2.55. The number of benzene rings is 2. The van der Waals surface area contributed by atoms with Crippen molar-refractivity contribution in [3.05, 3.63) is 53.6 Å². The van der Waals surface area contributed by atoms with Crippen LogP contribution in [0.25, 0.3) is 0 Å². The molecule has 0 heterocycles. The predicted octanol–water partition coefficient (Wildman–Crippen LogP) is 3.58. The number of nitrogens with two attached hydrogens (primary N) is 1. The Morgan fingerprint density at radius 1 is 1.19 bits per heavy atom. The molecule has 0 aliphatic heterocycles. The minimum absolute atomic E-state index is 0.119. The molecule has 0 saturated heterocycles. The van der Waals surface area contributed by atoms with Crippen molar-refractivity contribution in [3.63, 3.8) is 0 Å². The lowest BCUT2D eigenvalue weighted by Crippen LogP contribution is -2.20. The van der Waals surface area contributed by atoms with Gasteiger partial charge in [-0.25, -0.2) is 0 Å². The van der Waals surface area contributed by atoms with E-state index < -0.39 is 0 Å². The van der Waals surface area contributed by atoms with Gasteiger partial charge in [-0.3, -0.25) is 0 Å². The summed E-state index contributed by atoms with van der Waals surface area (Å²) in [4.78, 5) is 3.01. The minimum Gasteiger partial charge on any atom is -0.409 e. The predicted molar refractivity (Wildman–Crippen MR) is 90.0 cm³/mol. The van der Waals surface area contributed by atoms with Crippen molar-refractivity contribution in [2.24, 2.45) is 10.9 Å². The molecule has 21 heavy (non-hydrogen) atoms. The average Bonchev–Trinajstić information content (AvgIpc) is 2.53. The van der Waals surface area contributed by atoms with Crippen molar-refractivity contribution < 1.29 is 5.21 Å². The number of hydrogen-bond acceptors (Lipinski definition) is 4. The summed E-state index contributed by atoms with van der Waals surface area (Å²) < 4.78 is 0. The van der Waals surface area contributed by atoms with Crippen molar-refractivity contribution in [2.75, 3.05) is 18.2 Å². The van der Waals surface area contributed by atoms with E-state index in [1.807, 2.05) is 36.4 Å². The number of oxime groups is 1. The van der Waals surface area contributed by atoms with Crippen molar-refractivity contribution in [3.8, 4) is 0 Å². The van der Waals surface area contributed by atoms with E-state index in [-0.39, 0.29) is 5.84 Å². The molecule has 0 aromatic heterocycles. The van der Waals surface area contributed by atoms with Crippen LogP contribution in [0.4, 0.5) is 11.4 Å². The quantitative estimate of drug-likeness (QED) is 0.298. The number of rotatable bonds is 4. The second-order valence-electron chi connectivity index (χ2n) is 4.73. The molecule has 0 saturated carbocycles. The first-order valence-electron chi connectivity index (χ1n) is 6.53. The van der Waals surface area contributed by atoms with E-state index >= 15 is 0 Å². The number of thioether (sulfide) groups is 1. The normalized spacial score (nSPS) is 11.5. The van der Waals surface area contributed by atoms with Crippen LogP contribution in [0.1, 0.15) is 11.1 Å². The Bertz CT molecular complexity index is 653. The lowest BCUT2D eigenvalue weighted by molar-refractivity contribution is 0.318. The molecule has 0 aliphatic carbocycles. The number of nitrogens with zero attached hydrogens (tertiary/aromatic N) is 2. The highest BCUT2D eigenvalue weighted by molar-refractivity contribution is 7.98. The Morgan fingerprint density at radius 3 is 2.43 bits per heavy atom. The van der Waals surface area contributed by atoms with E-state index in [9.17, 15) is 0 Å². The molecule has 0 unspecified atom stereocenters. The highest BCUT2D eigenvalue weighted by Crippen LogP contribution is 2.32. The van der Waals surface area contributed by atoms with Gasteiger partial charge in [-0.15, -0.1) is 11.8 Å². The SMILES string of the molecule is CSc1cccc(N(C)c2ccc(C)cc2)c1/C(N)=N/O. The number of aryl methyl sites for hydroxylation is 1. The standard InChI is InChI=1S/C16H19N3OS/c1-11-7-9-12(10-8-11)19(2)13-5-4-6-14(21-3)15(13)16(17)18-20/h4-10,20H,1-3H3,(H2,17,18). The first kappa shape index (κ1) is 15.3. The third-order valence-electron chi connectivity index (χ3n) is 3.37. The van der Waals surface area contributed by atoms with E-state index in [0.29, 0.717) is 0 Å². The molecule has 3 N–H and O–H groups in total. The summed E-state index contributed by atoms with van der Waals surface area (Å²) >= 11 is 1.57. The van der Waals surface area contributed by atoms with E-state index in [2.05, 4.69) is 36.3 Å². The van der Waals surface area contributed by atoms with Crippen LogP contribution in [0, 0.1) is 6.92 Å². The van der Waals surface area contributed by atoms with Gasteiger partial charge in [-0.05, 0) is 37.4 Å². The third-order valence-corrected chi connectivity index (χ3v) is 4.15. The molecule has 0 amide bonds. The van der Waals surface area contributed by atoms with Gasteiger partial charge in [-0.1, -0.05) is 28.9 Å². The number of hydrogen-bond donors (Lipinski definition) is 2. The lowest BCUT2D eigenvalue weighted by atomic mass is 10.1. The summed E-state index contributed by atoms with van der Waals surface area (Å²) in [5, 5.41) is 12.2. The maximum atomic E-state index is 9.06. The topological polar surface area (TPSA) is 61.8 Å². The molecule has 2 aromatic rings. The van der Waals surface area contributed by atoms with Gasteiger partial charge in [-0.2, -0.15) is 0 Å². The van der Waals surface area contributed by atoms with Crippen molar-refractivity contribution in [1.29, 1.82) is 0 Å². The number of anilines is 2. The molecule has 0 aliphatic rings. The summed E-state index contributed by atoms with van der Waals surface area (Å²) in [6.07, 6.45) is 1.97. The molecule has 5 heteroatoms. The molecule has 0 fully saturated rings. The van der Waals surface area contributed by atoms with E-state index in [1.54, 1.807) is 11.8 Å². The second kappa shape index (κ2) is 6.54. The zero-order valence-electron chi connectivity index (χ0n) is 12.4. The van der Waals surface area contributed by atoms with Gasteiger partial charge in [0.1, 0.15) is 0 Å². The van der Waals surface area contributed by atoms with Crippen LogP contribution in [0.5, 0.6) is 0 Å². The summed E-state index contributed by atoms with van der Waals surface area (Å²) in [5.74, 6) is 0.119. The van der Waals surface area contributed by atoms with Gasteiger partial charge >= 0.3 is 0 Å². The van der Waals surface area contributed by atoms with Crippen LogP contribution >= 0.6 is 11.8 Å². The van der Waals surface area contributed by atoms with E-state index in [1.165, 1.54) is 5.56 Å². The fraction of sp³-hybridized carbons (Fsp3) is 0.188. The first-order valence-corrected chi connectivity index (χ1v) is 7.76. The van der Waals surface area contributed by atoms with Crippen LogP contribution in [0.2, 0.25) is 0 Å². The van der Waals surface area contributed by atoms with Gasteiger partial charge in [0, 0.05) is 17.6 Å². The Kier molecular flexibility index (Phi) is 4.75. The van der Waals surface area contributed by atoms with Gasteiger partial charge in [0.2, 0.25) is 0 Å². The van der Waals surface area contributed by atoms with Crippen molar-refractivity contribution in [2.45, 2.75) is 11.8 Å². The Hall–Kier alpha value is -2.14. The van der Waals surface area contributed by atoms with Gasteiger partial charge in [0.15, 0.2) is 5.84 Å². The molecule has 2 rings (SSSR count). The van der Waals surface area contributed by atoms with E-state index in [4.69, 9.17) is 10.9 Å². The monoisotopic (exact) mass is 301 g/mol. The fourth-order valence-corrected chi connectivity index (χ4v) is 2.81. The molecule has 0 spiro atoms. The Morgan fingerprint density at radius 2 is 1.86 bits per heavy atom. The molecule has 4 nitrogen and oxygen atoms in total. The smallest absolute Gasteiger partial charge is 0.173 e. The third kappa shape index (κ3) is 3.13. The van der Waals surface area contributed by atoms with Crippen molar-refractivity contribution >= 4 is 29.0 Å². The summed E-state index contributed by atoms with van der Waals surface area (Å²) in [5.41, 5.74) is 9.78. The van der Waals surface area contributed by atoms with Gasteiger partial charge in [0.05, 0.1) is 11.3 Å². The lowest BCUT2D eigenvalue weighted by Gasteiger charge is -2.23. The average molecular weight is 301 g/mol. The molecule has 0 radical (unpaired) electrons. The molecule has 0 bridgehead atoms. The zero-order valence-corrected chi connectivity index (χ0v) is 13.2. The van der Waals surface area contributed by atoms with Crippen molar-refractivity contribution in [1.82, 2.24) is 0 Å². The molecular formula is C16H19N3OS. The number of amidine groups is 1. The van der Waals surface area contributed by atoms with Crippen LogP contribution in [0.3, 0.4) is 0 Å². The highest BCUT2D eigenvalue weighted by atomic mass is 32.2. The zero-order chi connectivity index (χ0) is 15.4. The van der Waals surface area contributed by atoms with Crippen LogP contribution in [-0.2, 0) is 0 Å². The molecule has 0 atom stereocenters. The summed E-state index contributed by atoms with van der Waals surface area (Å²) in [6.45, 7) is 2.06. The largest absolute Gasteiger partial charge is 0.409 e. The minimum atomic E-state index is 0.119. The van der Waals surface area contributed by atoms with Gasteiger partial charge in [0.25, 0.3) is 0 Å². The van der Waals surface area contributed by atoms with Crippen LogP contribution in [0.15, 0.2) is 52.5 Å². The van der Waals surface area contributed by atoms with Gasteiger partial charge < -0.3 is 15.8 Å². The summed E-state index contributed by atoms with van der Waals surface area (Å²) in [7, 11) is 1.97. The molecule has 2 aromatic carbocycles. The molecule has 110 valence electrons. The first-order chi connectivity index (χ1) is 10.1. The highest BCUT2D eigenvalue weighted by Gasteiger charge is 2.16. The summed E-state index contributed by atoms with van der Waals surface area (Å²) in [6, 6.07) is 14.1. The maximum absolute atomic E-state index is 9.06.